The Kier molecular flexibility index (Phi) is 4.46. The number of hydrogen-bond acceptors (Lipinski definition) is 6. The molecule has 0 fully saturated rings. The van der Waals surface area contributed by atoms with Gasteiger partial charge < -0.3 is 4.42 Å². The molecule has 4 rings (SSSR count). The summed E-state index contributed by atoms with van der Waals surface area (Å²) < 4.78 is 7.63. The molecule has 7 heteroatoms. The van der Waals surface area contributed by atoms with Crippen molar-refractivity contribution in [2.24, 2.45) is 5.92 Å². The van der Waals surface area contributed by atoms with E-state index in [1.807, 2.05) is 18.2 Å². The Labute approximate surface area is 155 Å². The molecule has 0 saturated heterocycles. The van der Waals surface area contributed by atoms with Crippen LogP contribution in [0.4, 0.5) is 0 Å². The van der Waals surface area contributed by atoms with E-state index in [9.17, 15) is 0 Å². The van der Waals surface area contributed by atoms with Gasteiger partial charge in [0.05, 0.1) is 11.8 Å². The second-order valence-corrected chi connectivity index (χ2v) is 7.55. The summed E-state index contributed by atoms with van der Waals surface area (Å²) in [4.78, 5) is 8.84. The van der Waals surface area contributed by atoms with E-state index in [0.717, 1.165) is 33.5 Å². The molecule has 4 aromatic rings. The number of hydrogen-bond donors (Lipinski definition) is 0. The minimum Gasteiger partial charge on any atom is -0.461 e. The van der Waals surface area contributed by atoms with Gasteiger partial charge in [0, 0.05) is 11.9 Å². The zero-order valence-corrected chi connectivity index (χ0v) is 15.7. The minimum atomic E-state index is 0.448. The Morgan fingerprint density at radius 2 is 2.04 bits per heavy atom. The molecule has 0 spiro atoms. The highest BCUT2D eigenvalue weighted by Crippen LogP contribution is 2.33. The van der Waals surface area contributed by atoms with Crippen molar-refractivity contribution in [2.45, 2.75) is 37.5 Å². The molecule has 3 aromatic heterocycles. The average molecular weight is 365 g/mol. The van der Waals surface area contributed by atoms with E-state index in [0.29, 0.717) is 11.7 Å². The van der Waals surface area contributed by atoms with Crippen LogP contribution in [0.25, 0.3) is 22.5 Å². The molecular formula is C19H19N5OS. The highest BCUT2D eigenvalue weighted by atomic mass is 32.2. The summed E-state index contributed by atoms with van der Waals surface area (Å²) in [5.41, 5.74) is 2.10. The van der Waals surface area contributed by atoms with Gasteiger partial charge in [-0.2, -0.15) is 0 Å². The molecule has 132 valence electrons. The molecule has 6 nitrogen and oxygen atoms in total. The van der Waals surface area contributed by atoms with Crippen LogP contribution in [0.1, 0.15) is 19.4 Å². The quantitative estimate of drug-likeness (QED) is 0.482. The van der Waals surface area contributed by atoms with E-state index >= 15 is 0 Å². The van der Waals surface area contributed by atoms with E-state index in [2.05, 4.69) is 57.6 Å². The summed E-state index contributed by atoms with van der Waals surface area (Å²) in [5, 5.41) is 11.5. The van der Waals surface area contributed by atoms with E-state index < -0.39 is 0 Å². The third-order valence-electron chi connectivity index (χ3n) is 3.95. The van der Waals surface area contributed by atoms with Gasteiger partial charge in [-0.1, -0.05) is 25.5 Å². The second kappa shape index (κ2) is 6.92. The van der Waals surface area contributed by atoms with Crippen LogP contribution >= 0.6 is 11.8 Å². The van der Waals surface area contributed by atoms with Crippen LogP contribution in [-0.4, -0.2) is 24.7 Å². The lowest BCUT2D eigenvalue weighted by atomic mass is 10.2. The molecule has 0 aliphatic carbocycles. The van der Waals surface area contributed by atoms with E-state index in [1.165, 1.54) is 17.3 Å². The van der Waals surface area contributed by atoms with Crippen molar-refractivity contribution >= 4 is 22.7 Å². The van der Waals surface area contributed by atoms with Crippen molar-refractivity contribution in [3.63, 3.8) is 0 Å². The summed E-state index contributed by atoms with van der Waals surface area (Å²) in [6.45, 7) is 7.21. The number of benzene rings is 1. The van der Waals surface area contributed by atoms with E-state index in [4.69, 9.17) is 4.42 Å². The first-order valence-corrected chi connectivity index (χ1v) is 9.30. The first kappa shape index (κ1) is 16.8. The number of fused-ring (bicyclic) bond motifs is 1. The van der Waals surface area contributed by atoms with Crippen LogP contribution in [0.5, 0.6) is 0 Å². The normalized spacial score (nSPS) is 11.5. The van der Waals surface area contributed by atoms with Crippen LogP contribution in [0.15, 0.2) is 57.5 Å². The number of furan rings is 1. The molecule has 0 unspecified atom stereocenters. The van der Waals surface area contributed by atoms with Crippen molar-refractivity contribution < 1.29 is 4.42 Å². The predicted octanol–water partition coefficient (Wildman–Crippen LogP) is 4.60. The van der Waals surface area contributed by atoms with Crippen molar-refractivity contribution in [1.29, 1.82) is 0 Å². The zero-order chi connectivity index (χ0) is 18.1. The standard InChI is InChI=1S/C19H19N5OS/c1-12(2)10-24-17(16-5-4-8-25-16)22-23-19(24)26-18-14-9-13(3)6-7-15(14)20-11-21-18/h4-9,11-12H,10H2,1-3H3. The molecule has 26 heavy (non-hydrogen) atoms. The van der Waals surface area contributed by atoms with Gasteiger partial charge in [-0.3, -0.25) is 4.57 Å². The lowest BCUT2D eigenvalue weighted by Crippen LogP contribution is -2.07. The molecule has 0 radical (unpaired) electrons. The Bertz CT molecular complexity index is 1040. The largest absolute Gasteiger partial charge is 0.461 e. The van der Waals surface area contributed by atoms with Gasteiger partial charge in [-0.15, -0.1) is 10.2 Å². The first-order chi connectivity index (χ1) is 12.6. The fourth-order valence-electron chi connectivity index (χ4n) is 2.80. The highest BCUT2D eigenvalue weighted by molar-refractivity contribution is 7.99. The molecule has 0 aliphatic heterocycles. The number of rotatable bonds is 5. The lowest BCUT2D eigenvalue weighted by molar-refractivity contribution is 0.489. The fraction of sp³-hybridized carbons (Fsp3) is 0.263. The maximum absolute atomic E-state index is 5.53. The van der Waals surface area contributed by atoms with Gasteiger partial charge in [0.15, 0.2) is 16.7 Å². The van der Waals surface area contributed by atoms with Crippen molar-refractivity contribution in [2.75, 3.05) is 0 Å². The highest BCUT2D eigenvalue weighted by Gasteiger charge is 2.19. The van der Waals surface area contributed by atoms with Gasteiger partial charge in [0.1, 0.15) is 11.4 Å². The van der Waals surface area contributed by atoms with Crippen LogP contribution < -0.4 is 0 Å². The minimum absolute atomic E-state index is 0.448. The van der Waals surface area contributed by atoms with Gasteiger partial charge in [0.25, 0.3) is 0 Å². The topological polar surface area (TPSA) is 69.6 Å². The predicted molar refractivity (Wildman–Crippen MR) is 101 cm³/mol. The third-order valence-corrected chi connectivity index (χ3v) is 4.95. The Balaban J connectivity index is 1.78. The molecule has 0 saturated carbocycles. The molecule has 1 aromatic carbocycles. The lowest BCUT2D eigenvalue weighted by Gasteiger charge is -2.11. The Morgan fingerprint density at radius 1 is 1.15 bits per heavy atom. The number of nitrogens with zero attached hydrogens (tertiary/aromatic N) is 5. The number of aryl methyl sites for hydroxylation is 1. The van der Waals surface area contributed by atoms with Gasteiger partial charge in [-0.25, -0.2) is 9.97 Å². The zero-order valence-electron chi connectivity index (χ0n) is 14.9. The third kappa shape index (κ3) is 3.22. The fourth-order valence-corrected chi connectivity index (χ4v) is 3.70. The summed E-state index contributed by atoms with van der Waals surface area (Å²) in [5.74, 6) is 1.90. The summed E-state index contributed by atoms with van der Waals surface area (Å²) >= 11 is 1.51. The van der Waals surface area contributed by atoms with Crippen LogP contribution in [0.3, 0.4) is 0 Å². The summed E-state index contributed by atoms with van der Waals surface area (Å²) in [6, 6.07) is 9.94. The van der Waals surface area contributed by atoms with Crippen molar-refractivity contribution in [3.05, 3.63) is 48.5 Å². The first-order valence-electron chi connectivity index (χ1n) is 8.48. The van der Waals surface area contributed by atoms with Crippen LogP contribution in [-0.2, 0) is 6.54 Å². The van der Waals surface area contributed by atoms with Gasteiger partial charge in [-0.05, 0) is 48.9 Å². The number of aromatic nitrogens is 5. The van der Waals surface area contributed by atoms with Crippen LogP contribution in [0, 0.1) is 12.8 Å². The van der Waals surface area contributed by atoms with Gasteiger partial charge >= 0.3 is 0 Å². The van der Waals surface area contributed by atoms with Crippen molar-refractivity contribution in [3.8, 4) is 11.6 Å². The molecule has 0 amide bonds. The Hall–Kier alpha value is -2.67. The van der Waals surface area contributed by atoms with E-state index in [-0.39, 0.29) is 0 Å². The maximum atomic E-state index is 5.53. The summed E-state index contributed by atoms with van der Waals surface area (Å²) in [7, 11) is 0. The average Bonchev–Trinajstić information content (AvgIpc) is 3.25. The van der Waals surface area contributed by atoms with E-state index in [1.54, 1.807) is 12.6 Å². The Morgan fingerprint density at radius 3 is 2.81 bits per heavy atom. The van der Waals surface area contributed by atoms with Gasteiger partial charge in [0.2, 0.25) is 0 Å². The molecule has 0 atom stereocenters. The summed E-state index contributed by atoms with van der Waals surface area (Å²) in [6.07, 6.45) is 3.24. The maximum Gasteiger partial charge on any atom is 0.200 e. The molecule has 0 aliphatic rings. The smallest absolute Gasteiger partial charge is 0.200 e. The molecule has 0 bridgehead atoms. The van der Waals surface area contributed by atoms with Crippen LogP contribution in [0.2, 0.25) is 0 Å². The monoisotopic (exact) mass is 365 g/mol. The molecule has 3 heterocycles. The van der Waals surface area contributed by atoms with Crippen molar-refractivity contribution in [1.82, 2.24) is 24.7 Å². The molecule has 0 N–H and O–H groups in total. The second-order valence-electron chi connectivity index (χ2n) is 6.59. The SMILES string of the molecule is Cc1ccc2ncnc(Sc3nnc(-c4ccco4)n3CC(C)C)c2c1. The molecular weight excluding hydrogens is 346 g/mol.